The summed E-state index contributed by atoms with van der Waals surface area (Å²) in [5.74, 6) is -0.653. The smallest absolute Gasteiger partial charge is 1.00 e. The molecule has 0 aliphatic rings. The summed E-state index contributed by atoms with van der Waals surface area (Å²) in [6, 6.07) is 0. The van der Waals surface area contributed by atoms with Crippen LogP contribution in [-0.4, -0.2) is 48.8 Å². The molecule has 2 nitrogen and oxygen atoms in total. The summed E-state index contributed by atoms with van der Waals surface area (Å²) in [5, 5.41) is 8.52. The van der Waals surface area contributed by atoms with Crippen molar-refractivity contribution in [1.82, 2.24) is 0 Å². The molecule has 0 unspecified atom stereocenters. The van der Waals surface area contributed by atoms with E-state index in [-0.39, 0.29) is 61.7 Å². The van der Waals surface area contributed by atoms with Crippen molar-refractivity contribution < 1.29 is 33.8 Å². The Morgan fingerprint density at radius 3 is 1.23 bits per heavy atom. The van der Waals surface area contributed by atoms with Gasteiger partial charge in [0.25, 0.3) is 0 Å². The van der Waals surface area contributed by atoms with Gasteiger partial charge in [-0.15, -0.1) is 0 Å². The van der Waals surface area contributed by atoms with Gasteiger partial charge in [-0.2, -0.15) is 0 Å². The van der Waals surface area contributed by atoms with Crippen molar-refractivity contribution in [2.24, 2.45) is 0 Å². The van der Waals surface area contributed by atoms with E-state index in [2.05, 4.69) is 6.92 Å². The molecule has 4 heteroatoms. The van der Waals surface area contributed by atoms with E-state index in [4.69, 9.17) is 5.11 Å². The van der Waals surface area contributed by atoms with E-state index in [1.165, 1.54) is 83.5 Å². The number of hydrogen-bond acceptors (Lipinski definition) is 1. The van der Waals surface area contributed by atoms with Gasteiger partial charge >= 0.3 is 43.7 Å². The maximum absolute atomic E-state index is 10.3. The second kappa shape index (κ2) is 24.7. The zero-order valence-corrected chi connectivity index (χ0v) is 19.0. The topological polar surface area (TPSA) is 37.3 Å². The first-order valence-electron chi connectivity index (χ1n) is 8.99. The van der Waals surface area contributed by atoms with Gasteiger partial charge in [0.1, 0.15) is 0 Å². The van der Waals surface area contributed by atoms with Gasteiger partial charge in [0.05, 0.1) is 0 Å². The average molecular weight is 423 g/mol. The van der Waals surface area contributed by atoms with Crippen molar-refractivity contribution in [3.8, 4) is 0 Å². The zero-order valence-electron chi connectivity index (χ0n) is 16.8. The summed E-state index contributed by atoms with van der Waals surface area (Å²) >= 11 is 0. The molecule has 0 radical (unpaired) electrons. The number of aliphatic carboxylic acids is 1. The van der Waals surface area contributed by atoms with E-state index in [0.717, 1.165) is 12.8 Å². The molecular weight excluding hydrogens is 384 g/mol. The number of carbonyl (C=O) groups is 1. The molecule has 0 saturated carbocycles. The van der Waals surface area contributed by atoms with Crippen molar-refractivity contribution in [2.75, 3.05) is 0 Å². The maximum Gasteiger partial charge on any atom is 2.00 e. The third kappa shape index (κ3) is 26.3. The molecule has 0 saturated heterocycles. The zero-order chi connectivity index (χ0) is 14.9. The largest absolute Gasteiger partial charge is 2.00 e. The van der Waals surface area contributed by atoms with Gasteiger partial charge in [0.15, 0.2) is 0 Å². The molecule has 0 amide bonds. The third-order valence-corrected chi connectivity index (χ3v) is 3.99. The summed E-state index contributed by atoms with van der Waals surface area (Å²) in [4.78, 5) is 10.3. The molecule has 130 valence electrons. The van der Waals surface area contributed by atoms with Gasteiger partial charge in [-0.1, -0.05) is 96.8 Å². The molecule has 0 heterocycles. The van der Waals surface area contributed by atoms with Crippen LogP contribution in [0.1, 0.15) is 113 Å². The second-order valence-electron chi connectivity index (χ2n) is 6.09. The standard InChI is InChI=1S/C18H36O2.Ca.Mo.2H/c1-2-3-4-5-6-7-8-9-10-11-12-13-14-15-16-17-18(19)20;;;;/h2-17H2,1H3,(H,19,20);;;;/q;+2;;2*-1. The van der Waals surface area contributed by atoms with Crippen LogP contribution < -0.4 is 0 Å². The van der Waals surface area contributed by atoms with E-state index < -0.39 is 5.97 Å². The molecule has 0 spiro atoms. The van der Waals surface area contributed by atoms with Crippen molar-refractivity contribution in [3.05, 3.63) is 0 Å². The molecule has 0 aromatic carbocycles. The molecule has 0 aromatic heterocycles. The Morgan fingerprint density at radius 1 is 0.682 bits per heavy atom. The number of carboxylic acids is 1. The van der Waals surface area contributed by atoms with E-state index in [1.807, 2.05) is 0 Å². The Hall–Kier alpha value is 1.42. The molecule has 0 atom stereocenters. The van der Waals surface area contributed by atoms with Crippen molar-refractivity contribution in [2.45, 2.75) is 110 Å². The van der Waals surface area contributed by atoms with E-state index in [9.17, 15) is 4.79 Å². The molecular formula is C18H38CaMoO2. The number of carboxylic acid groups (broad SMARTS) is 1. The second-order valence-corrected chi connectivity index (χ2v) is 6.09. The molecule has 0 aliphatic carbocycles. The molecule has 0 bridgehead atoms. The van der Waals surface area contributed by atoms with E-state index in [1.54, 1.807) is 0 Å². The van der Waals surface area contributed by atoms with Crippen LogP contribution in [-0.2, 0) is 25.9 Å². The Bertz CT molecular complexity index is 223. The van der Waals surface area contributed by atoms with Gasteiger partial charge in [0.2, 0.25) is 0 Å². The normalized spacial score (nSPS) is 9.86. The molecule has 0 aromatic rings. The van der Waals surface area contributed by atoms with Gasteiger partial charge in [-0.05, 0) is 6.42 Å². The third-order valence-electron chi connectivity index (χ3n) is 3.99. The predicted molar refractivity (Wildman–Crippen MR) is 95.2 cm³/mol. The number of hydrogen-bond donors (Lipinski definition) is 1. The molecule has 0 fully saturated rings. The van der Waals surface area contributed by atoms with Crippen molar-refractivity contribution >= 4 is 43.7 Å². The number of rotatable bonds is 16. The summed E-state index contributed by atoms with van der Waals surface area (Å²) in [6.45, 7) is 2.27. The monoisotopic (exact) mass is 424 g/mol. The summed E-state index contributed by atoms with van der Waals surface area (Å²) < 4.78 is 0. The molecule has 0 aliphatic heterocycles. The van der Waals surface area contributed by atoms with Crippen LogP contribution in [0.5, 0.6) is 0 Å². The van der Waals surface area contributed by atoms with E-state index in [0.29, 0.717) is 6.42 Å². The van der Waals surface area contributed by atoms with Crippen LogP contribution in [0.15, 0.2) is 0 Å². The first-order valence-corrected chi connectivity index (χ1v) is 8.99. The summed E-state index contributed by atoms with van der Waals surface area (Å²) in [6.07, 6.45) is 20.2. The fraction of sp³-hybridized carbons (Fsp3) is 0.944. The fourth-order valence-electron chi connectivity index (χ4n) is 2.65. The minimum atomic E-state index is -0.653. The van der Waals surface area contributed by atoms with Crippen LogP contribution in [0.2, 0.25) is 0 Å². The SMILES string of the molecule is CCCCCCCCCCCCCCCCCC(=O)O.[Ca+2].[H-].[H-].[Mo]. The first kappa shape index (κ1) is 28.2. The van der Waals surface area contributed by atoms with Gasteiger partial charge in [-0.25, -0.2) is 0 Å². The Kier molecular flexibility index (Phi) is 31.7. The maximum atomic E-state index is 10.3. The quantitative estimate of drug-likeness (QED) is 0.238. The van der Waals surface area contributed by atoms with Crippen LogP contribution >= 0.6 is 0 Å². The summed E-state index contributed by atoms with van der Waals surface area (Å²) in [7, 11) is 0. The van der Waals surface area contributed by atoms with Crippen LogP contribution in [0.4, 0.5) is 0 Å². The predicted octanol–water partition coefficient (Wildman–Crippen LogP) is 6.17. The van der Waals surface area contributed by atoms with Crippen LogP contribution in [0, 0.1) is 0 Å². The Balaban J connectivity index is -0.000000301. The minimum absolute atomic E-state index is 0. The van der Waals surface area contributed by atoms with Gasteiger partial charge in [0, 0.05) is 27.5 Å². The molecule has 0 rings (SSSR count). The Morgan fingerprint density at radius 2 is 0.955 bits per heavy atom. The Labute approximate surface area is 185 Å². The minimum Gasteiger partial charge on any atom is -1.00 e. The molecule has 22 heavy (non-hydrogen) atoms. The van der Waals surface area contributed by atoms with Crippen molar-refractivity contribution in [1.29, 1.82) is 0 Å². The van der Waals surface area contributed by atoms with Gasteiger partial charge in [-0.3, -0.25) is 4.79 Å². The molecule has 1 N–H and O–H groups in total. The number of unbranched alkanes of at least 4 members (excludes halogenated alkanes) is 14. The fourth-order valence-corrected chi connectivity index (χ4v) is 2.65. The van der Waals surface area contributed by atoms with Crippen LogP contribution in [0.3, 0.4) is 0 Å². The van der Waals surface area contributed by atoms with Crippen LogP contribution in [0.25, 0.3) is 0 Å². The van der Waals surface area contributed by atoms with E-state index >= 15 is 0 Å². The van der Waals surface area contributed by atoms with Crippen molar-refractivity contribution in [3.63, 3.8) is 0 Å². The first-order chi connectivity index (χ1) is 9.77. The summed E-state index contributed by atoms with van der Waals surface area (Å²) in [5.41, 5.74) is 0. The average Bonchev–Trinajstić information content (AvgIpc) is 2.43. The van der Waals surface area contributed by atoms with Gasteiger partial charge < -0.3 is 7.96 Å².